The Kier molecular flexibility index (Phi) is 56.5. The monoisotopic (exact) mass is 958 g/mol. The fourth-order valence-electron chi connectivity index (χ4n) is 9.52. The number of nitrogens with one attached hydrogen (secondary N) is 1. The second-order valence-electron chi connectivity index (χ2n) is 21.0. The van der Waals surface area contributed by atoms with E-state index in [1.165, 1.54) is 231 Å². The minimum Gasteiger partial charge on any atom is -0.466 e. The molecule has 6 heteroatoms. The Labute approximate surface area is 424 Å². The maximum absolute atomic E-state index is 12.5. The van der Waals surface area contributed by atoms with Crippen molar-refractivity contribution >= 4 is 11.9 Å². The Morgan fingerprint density at radius 2 is 0.706 bits per heavy atom. The second kappa shape index (κ2) is 57.9. The van der Waals surface area contributed by atoms with Crippen LogP contribution >= 0.6 is 0 Å². The molecule has 0 bridgehead atoms. The zero-order valence-electron chi connectivity index (χ0n) is 45.9. The van der Waals surface area contributed by atoms with Gasteiger partial charge in [-0.3, -0.25) is 9.59 Å². The molecule has 0 saturated heterocycles. The van der Waals surface area contributed by atoms with Gasteiger partial charge >= 0.3 is 5.97 Å². The molecular formula is C62H119NO5. The lowest BCUT2D eigenvalue weighted by atomic mass is 10.0. The third-order valence-electron chi connectivity index (χ3n) is 14.2. The molecule has 0 aromatic heterocycles. The molecule has 0 rings (SSSR count). The number of hydrogen-bond acceptors (Lipinski definition) is 5. The van der Waals surface area contributed by atoms with Gasteiger partial charge in [-0.05, 0) is 70.6 Å². The van der Waals surface area contributed by atoms with Crippen LogP contribution in [0.1, 0.15) is 335 Å². The zero-order valence-corrected chi connectivity index (χ0v) is 45.9. The van der Waals surface area contributed by atoms with E-state index in [1.54, 1.807) is 0 Å². The van der Waals surface area contributed by atoms with Crippen molar-refractivity contribution < 1.29 is 24.5 Å². The molecule has 0 aliphatic heterocycles. The van der Waals surface area contributed by atoms with Crippen LogP contribution in [0, 0.1) is 0 Å². The summed E-state index contributed by atoms with van der Waals surface area (Å²) in [5.74, 6) is -0.130. The minimum atomic E-state index is -0.697. The maximum Gasteiger partial charge on any atom is 0.305 e. The lowest BCUT2D eigenvalue weighted by Crippen LogP contribution is -2.45. The van der Waals surface area contributed by atoms with Gasteiger partial charge in [0.25, 0.3) is 0 Å². The first-order valence-electron chi connectivity index (χ1n) is 30.6. The number of ether oxygens (including phenoxy) is 1. The Balaban J connectivity index is 3.50. The lowest BCUT2D eigenvalue weighted by molar-refractivity contribution is -0.143. The number of rotatable bonds is 57. The van der Waals surface area contributed by atoms with E-state index in [-0.39, 0.29) is 18.5 Å². The topological polar surface area (TPSA) is 95.9 Å². The molecule has 0 aliphatic carbocycles. The van der Waals surface area contributed by atoms with E-state index in [2.05, 4.69) is 43.5 Å². The van der Waals surface area contributed by atoms with Crippen molar-refractivity contribution in [2.75, 3.05) is 13.2 Å². The van der Waals surface area contributed by atoms with Crippen molar-refractivity contribution in [3.63, 3.8) is 0 Å². The fourth-order valence-corrected chi connectivity index (χ4v) is 9.52. The largest absolute Gasteiger partial charge is 0.466 e. The van der Waals surface area contributed by atoms with Crippen molar-refractivity contribution in [2.45, 2.75) is 347 Å². The van der Waals surface area contributed by atoms with Crippen LogP contribution in [0.3, 0.4) is 0 Å². The van der Waals surface area contributed by atoms with Crippen LogP contribution in [0.15, 0.2) is 24.3 Å². The Hall–Kier alpha value is -1.66. The predicted molar refractivity (Wildman–Crippen MR) is 296 cm³/mol. The summed E-state index contributed by atoms with van der Waals surface area (Å²) in [6, 6.07) is -0.581. The molecule has 1 amide bonds. The summed E-state index contributed by atoms with van der Waals surface area (Å²) in [4.78, 5) is 24.6. The summed E-state index contributed by atoms with van der Waals surface area (Å²) < 4.78 is 5.46. The summed E-state index contributed by atoms with van der Waals surface area (Å²) in [5, 5.41) is 23.3. The highest BCUT2D eigenvalue weighted by atomic mass is 16.5. The number of amides is 1. The van der Waals surface area contributed by atoms with Crippen LogP contribution in [0.2, 0.25) is 0 Å². The van der Waals surface area contributed by atoms with Gasteiger partial charge in [-0.2, -0.15) is 0 Å². The minimum absolute atomic E-state index is 0.0378. The van der Waals surface area contributed by atoms with E-state index < -0.39 is 12.1 Å². The van der Waals surface area contributed by atoms with Gasteiger partial charge in [0.2, 0.25) is 5.91 Å². The summed E-state index contributed by atoms with van der Waals surface area (Å²) in [6.07, 6.45) is 70.5. The molecule has 0 saturated carbocycles. The van der Waals surface area contributed by atoms with E-state index in [4.69, 9.17) is 4.74 Å². The van der Waals surface area contributed by atoms with Crippen molar-refractivity contribution in [1.82, 2.24) is 5.32 Å². The molecule has 0 heterocycles. The normalized spacial score (nSPS) is 12.7. The highest BCUT2D eigenvalue weighted by molar-refractivity contribution is 5.76. The summed E-state index contributed by atoms with van der Waals surface area (Å²) in [6.45, 7) is 4.88. The molecule has 2 atom stereocenters. The van der Waals surface area contributed by atoms with Gasteiger partial charge in [0.15, 0.2) is 0 Å². The smallest absolute Gasteiger partial charge is 0.305 e. The number of aliphatic hydroxyl groups is 2. The molecule has 3 N–H and O–H groups in total. The first kappa shape index (κ1) is 66.3. The number of carbonyl (C=O) groups is 2. The summed E-state index contributed by atoms with van der Waals surface area (Å²) in [5.41, 5.74) is 0. The Morgan fingerprint density at radius 3 is 1.07 bits per heavy atom. The molecule has 0 aromatic rings. The van der Waals surface area contributed by atoms with Gasteiger partial charge in [-0.25, -0.2) is 0 Å². The summed E-state index contributed by atoms with van der Waals surface area (Å²) >= 11 is 0. The third kappa shape index (κ3) is 53.7. The Morgan fingerprint density at radius 1 is 0.397 bits per heavy atom. The predicted octanol–water partition coefficient (Wildman–Crippen LogP) is 19.0. The van der Waals surface area contributed by atoms with Crippen LogP contribution in [0.25, 0.3) is 0 Å². The zero-order chi connectivity index (χ0) is 49.3. The van der Waals surface area contributed by atoms with E-state index in [1.807, 2.05) is 0 Å². The first-order valence-corrected chi connectivity index (χ1v) is 30.6. The molecule has 0 spiro atoms. The number of allylic oxidation sites excluding steroid dienone is 4. The average Bonchev–Trinajstić information content (AvgIpc) is 3.34. The molecule has 402 valence electrons. The average molecular weight is 959 g/mol. The number of carbonyl (C=O) groups excluding carboxylic acids is 2. The van der Waals surface area contributed by atoms with Gasteiger partial charge in [0.05, 0.1) is 25.4 Å². The van der Waals surface area contributed by atoms with Crippen LogP contribution in [-0.4, -0.2) is 47.4 Å². The quantitative estimate of drug-likeness (QED) is 0.0321. The number of hydrogen-bond donors (Lipinski definition) is 3. The summed E-state index contributed by atoms with van der Waals surface area (Å²) in [7, 11) is 0. The molecule has 0 aromatic carbocycles. The maximum atomic E-state index is 12.5. The van der Waals surface area contributed by atoms with Crippen molar-refractivity contribution in [2.24, 2.45) is 0 Å². The van der Waals surface area contributed by atoms with Crippen molar-refractivity contribution in [3.8, 4) is 0 Å². The van der Waals surface area contributed by atoms with Gasteiger partial charge in [0.1, 0.15) is 0 Å². The number of esters is 1. The van der Waals surface area contributed by atoms with E-state index >= 15 is 0 Å². The standard InChI is InChI=1S/C62H119NO5/c1-3-5-7-9-11-13-15-17-19-21-22-23-24-25-26-27-28-30-31-33-35-38-42-46-50-54-60(65)59(58-64)63-61(66)55-51-47-43-39-37-41-45-49-53-57-68-62(67)56-52-48-44-40-36-34-32-29-20-18-16-14-12-10-8-6-4-2/h18,20,39,43,59-60,64-65H,3-17,19,21-38,40-42,44-58H2,1-2H3,(H,63,66)/b20-18-,43-39-. The van der Waals surface area contributed by atoms with Gasteiger partial charge in [0, 0.05) is 12.8 Å². The molecule has 0 fully saturated rings. The van der Waals surface area contributed by atoms with Gasteiger partial charge in [-0.1, -0.05) is 276 Å². The van der Waals surface area contributed by atoms with Crippen molar-refractivity contribution in [3.05, 3.63) is 24.3 Å². The van der Waals surface area contributed by atoms with E-state index in [9.17, 15) is 19.8 Å². The van der Waals surface area contributed by atoms with E-state index in [0.717, 1.165) is 70.6 Å². The molecule has 0 radical (unpaired) electrons. The van der Waals surface area contributed by atoms with Crippen LogP contribution in [0.5, 0.6) is 0 Å². The van der Waals surface area contributed by atoms with Gasteiger partial charge < -0.3 is 20.3 Å². The number of aliphatic hydroxyl groups excluding tert-OH is 2. The fraction of sp³-hybridized carbons (Fsp3) is 0.903. The SMILES string of the molecule is CCCCCCCC/C=C\CCCCCCCCCC(=O)OCCCCCC/C=C\CCCC(=O)NC(CO)C(O)CCCCCCCCCCCCCCCCCCCCCCCCCCC. The molecule has 6 nitrogen and oxygen atoms in total. The molecule has 2 unspecified atom stereocenters. The second-order valence-corrected chi connectivity index (χ2v) is 21.0. The van der Waals surface area contributed by atoms with E-state index in [0.29, 0.717) is 25.9 Å². The van der Waals surface area contributed by atoms with Gasteiger partial charge in [-0.15, -0.1) is 0 Å². The van der Waals surface area contributed by atoms with Crippen LogP contribution in [-0.2, 0) is 14.3 Å². The molecular weight excluding hydrogens is 839 g/mol. The number of unbranched alkanes of at least 4 members (excludes halogenated alkanes) is 42. The third-order valence-corrected chi connectivity index (χ3v) is 14.2. The molecule has 68 heavy (non-hydrogen) atoms. The first-order chi connectivity index (χ1) is 33.5. The highest BCUT2D eigenvalue weighted by Crippen LogP contribution is 2.18. The van der Waals surface area contributed by atoms with Crippen molar-refractivity contribution in [1.29, 1.82) is 0 Å². The molecule has 0 aliphatic rings. The lowest BCUT2D eigenvalue weighted by Gasteiger charge is -2.22. The highest BCUT2D eigenvalue weighted by Gasteiger charge is 2.20. The Bertz CT molecular complexity index is 1060. The van der Waals surface area contributed by atoms with Crippen LogP contribution < -0.4 is 5.32 Å². The van der Waals surface area contributed by atoms with Crippen LogP contribution in [0.4, 0.5) is 0 Å².